The SMILES string of the molecule is C[NH+]1CCC2(CC1)C[C@H](NC(=O)c1ccc3c(c1)CCC3)c1ccccc1O2. The van der Waals surface area contributed by atoms with Gasteiger partial charge in [0.1, 0.15) is 11.4 Å². The first-order valence-corrected chi connectivity index (χ1v) is 10.6. The summed E-state index contributed by atoms with van der Waals surface area (Å²) in [6, 6.07) is 14.4. The molecule has 4 heteroatoms. The molecule has 1 saturated heterocycles. The fraction of sp³-hybridized carbons (Fsp3) is 0.458. The Hall–Kier alpha value is -2.33. The fourth-order valence-electron chi connectivity index (χ4n) is 5.14. The van der Waals surface area contributed by atoms with E-state index in [1.807, 2.05) is 18.2 Å². The standard InChI is InChI=1S/C24H28N2O2/c1-26-13-11-24(12-14-26)16-21(20-7-2-3-8-22(20)28-24)25-23(27)19-10-9-17-5-4-6-18(17)15-19/h2-3,7-10,15,21H,4-6,11-14,16H2,1H3,(H,25,27)/p+1/t21-/m0/s1. The highest BCUT2D eigenvalue weighted by molar-refractivity contribution is 5.94. The number of hydrogen-bond donors (Lipinski definition) is 2. The second kappa shape index (κ2) is 6.93. The van der Waals surface area contributed by atoms with E-state index in [2.05, 4.69) is 36.6 Å². The quantitative estimate of drug-likeness (QED) is 0.844. The van der Waals surface area contributed by atoms with Crippen LogP contribution in [-0.4, -0.2) is 31.6 Å². The number of amides is 1. The van der Waals surface area contributed by atoms with Gasteiger partial charge in [-0.1, -0.05) is 24.3 Å². The third-order valence-corrected chi connectivity index (χ3v) is 6.88. The summed E-state index contributed by atoms with van der Waals surface area (Å²) in [6.07, 6.45) is 6.37. The van der Waals surface area contributed by atoms with E-state index in [0.29, 0.717) is 0 Å². The Kier molecular flexibility index (Phi) is 4.39. The van der Waals surface area contributed by atoms with E-state index in [1.54, 1.807) is 4.90 Å². The van der Waals surface area contributed by atoms with Crippen molar-refractivity contribution >= 4 is 5.91 Å². The molecular weight excluding hydrogens is 348 g/mol. The molecule has 146 valence electrons. The molecule has 1 spiro atoms. The number of ether oxygens (including phenoxy) is 1. The Labute approximate surface area is 166 Å². The number of rotatable bonds is 2. The first-order chi connectivity index (χ1) is 13.6. The van der Waals surface area contributed by atoms with Gasteiger partial charge < -0.3 is 15.0 Å². The molecule has 0 radical (unpaired) electrons. The van der Waals surface area contributed by atoms with Crippen molar-refractivity contribution in [1.29, 1.82) is 0 Å². The molecule has 0 aromatic heterocycles. The smallest absolute Gasteiger partial charge is 0.251 e. The minimum atomic E-state index is -0.149. The fourth-order valence-corrected chi connectivity index (χ4v) is 5.14. The minimum absolute atomic E-state index is 0.00381. The van der Waals surface area contributed by atoms with Crippen LogP contribution in [0.5, 0.6) is 5.75 Å². The lowest BCUT2D eigenvalue weighted by atomic mass is 9.80. The molecule has 2 heterocycles. The van der Waals surface area contributed by atoms with Crippen LogP contribution in [0.1, 0.15) is 58.8 Å². The number of piperidine rings is 1. The highest BCUT2D eigenvalue weighted by Gasteiger charge is 2.44. The highest BCUT2D eigenvalue weighted by atomic mass is 16.5. The van der Waals surface area contributed by atoms with E-state index in [4.69, 9.17) is 4.74 Å². The molecule has 5 rings (SSSR count). The summed E-state index contributed by atoms with van der Waals surface area (Å²) in [5, 5.41) is 3.34. The molecule has 1 atom stereocenters. The number of aryl methyl sites for hydroxylation is 2. The Morgan fingerprint density at radius 1 is 1.11 bits per heavy atom. The van der Waals surface area contributed by atoms with Crippen LogP contribution in [0.25, 0.3) is 0 Å². The van der Waals surface area contributed by atoms with Gasteiger partial charge in [0.05, 0.1) is 26.2 Å². The van der Waals surface area contributed by atoms with Crippen molar-refractivity contribution in [2.75, 3.05) is 20.1 Å². The second-order valence-electron chi connectivity index (χ2n) is 8.85. The van der Waals surface area contributed by atoms with Gasteiger partial charge in [-0.05, 0) is 48.6 Å². The molecule has 1 aliphatic carbocycles. The van der Waals surface area contributed by atoms with Crippen molar-refractivity contribution in [3.05, 3.63) is 64.7 Å². The maximum Gasteiger partial charge on any atom is 0.251 e. The van der Waals surface area contributed by atoms with Gasteiger partial charge in [0.2, 0.25) is 0 Å². The number of carbonyl (C=O) groups excluding carboxylic acids is 1. The van der Waals surface area contributed by atoms with Gasteiger partial charge in [-0.2, -0.15) is 0 Å². The van der Waals surface area contributed by atoms with E-state index in [0.717, 1.165) is 62.1 Å². The van der Waals surface area contributed by atoms with E-state index < -0.39 is 0 Å². The molecule has 4 nitrogen and oxygen atoms in total. The van der Waals surface area contributed by atoms with E-state index >= 15 is 0 Å². The Morgan fingerprint density at radius 2 is 1.89 bits per heavy atom. The van der Waals surface area contributed by atoms with Gasteiger partial charge >= 0.3 is 0 Å². The predicted octanol–water partition coefficient (Wildman–Crippen LogP) is 2.48. The number of fused-ring (bicyclic) bond motifs is 2. The Morgan fingerprint density at radius 3 is 2.75 bits per heavy atom. The molecule has 2 aliphatic heterocycles. The van der Waals surface area contributed by atoms with Gasteiger partial charge in [-0.25, -0.2) is 0 Å². The number of quaternary nitrogens is 1. The van der Waals surface area contributed by atoms with Crippen LogP contribution in [0.3, 0.4) is 0 Å². The minimum Gasteiger partial charge on any atom is -0.486 e. The van der Waals surface area contributed by atoms with Crippen molar-refractivity contribution in [3.8, 4) is 5.75 Å². The van der Waals surface area contributed by atoms with Gasteiger partial charge in [0, 0.05) is 30.4 Å². The topological polar surface area (TPSA) is 42.8 Å². The predicted molar refractivity (Wildman–Crippen MR) is 109 cm³/mol. The molecule has 2 aromatic rings. The van der Waals surface area contributed by atoms with Crippen LogP contribution in [0, 0.1) is 0 Å². The molecule has 0 saturated carbocycles. The summed E-state index contributed by atoms with van der Waals surface area (Å²) >= 11 is 0. The summed E-state index contributed by atoms with van der Waals surface area (Å²) in [5.74, 6) is 0.970. The van der Waals surface area contributed by atoms with Crippen LogP contribution >= 0.6 is 0 Å². The van der Waals surface area contributed by atoms with Crippen LogP contribution in [0.15, 0.2) is 42.5 Å². The molecule has 1 fully saturated rings. The summed E-state index contributed by atoms with van der Waals surface area (Å²) in [6.45, 7) is 2.24. The van der Waals surface area contributed by atoms with Gasteiger partial charge in [0.15, 0.2) is 0 Å². The molecule has 1 amide bonds. The molecule has 2 aromatic carbocycles. The van der Waals surface area contributed by atoms with Gasteiger partial charge in [0.25, 0.3) is 5.91 Å². The number of hydrogen-bond acceptors (Lipinski definition) is 2. The number of benzene rings is 2. The van der Waals surface area contributed by atoms with E-state index in [-0.39, 0.29) is 17.6 Å². The lowest BCUT2D eigenvalue weighted by Gasteiger charge is -2.45. The Bertz CT molecular complexity index is 899. The third-order valence-electron chi connectivity index (χ3n) is 6.88. The van der Waals surface area contributed by atoms with Crippen LogP contribution in [-0.2, 0) is 12.8 Å². The van der Waals surface area contributed by atoms with Crippen molar-refractivity contribution in [2.24, 2.45) is 0 Å². The van der Waals surface area contributed by atoms with Crippen LogP contribution in [0.4, 0.5) is 0 Å². The summed E-state index contributed by atoms with van der Waals surface area (Å²) in [7, 11) is 2.25. The lowest BCUT2D eigenvalue weighted by molar-refractivity contribution is -0.887. The zero-order valence-corrected chi connectivity index (χ0v) is 16.6. The summed E-state index contributed by atoms with van der Waals surface area (Å²) < 4.78 is 6.52. The number of carbonyl (C=O) groups is 1. The average molecular weight is 378 g/mol. The van der Waals surface area contributed by atoms with Crippen molar-refractivity contribution in [1.82, 2.24) is 5.32 Å². The van der Waals surface area contributed by atoms with Crippen molar-refractivity contribution < 1.29 is 14.4 Å². The first kappa shape index (κ1) is 17.7. The lowest BCUT2D eigenvalue weighted by Crippen LogP contribution is -3.10. The Balaban J connectivity index is 1.41. The van der Waals surface area contributed by atoms with Crippen molar-refractivity contribution in [3.63, 3.8) is 0 Å². The monoisotopic (exact) mass is 377 g/mol. The van der Waals surface area contributed by atoms with E-state index in [9.17, 15) is 4.79 Å². The average Bonchev–Trinajstić information content (AvgIpc) is 3.18. The molecule has 0 bridgehead atoms. The molecule has 2 N–H and O–H groups in total. The molecule has 0 unspecified atom stereocenters. The van der Waals surface area contributed by atoms with Crippen molar-refractivity contribution in [2.45, 2.75) is 50.2 Å². The maximum atomic E-state index is 13.1. The van der Waals surface area contributed by atoms with Gasteiger partial charge in [-0.3, -0.25) is 4.79 Å². The highest BCUT2D eigenvalue weighted by Crippen LogP contribution is 2.43. The van der Waals surface area contributed by atoms with Gasteiger partial charge in [-0.15, -0.1) is 0 Å². The van der Waals surface area contributed by atoms with Crippen LogP contribution in [0.2, 0.25) is 0 Å². The summed E-state index contributed by atoms with van der Waals surface area (Å²) in [5.41, 5.74) is 4.49. The second-order valence-corrected chi connectivity index (χ2v) is 8.85. The normalized spacial score (nSPS) is 28.3. The number of para-hydroxylation sites is 1. The number of likely N-dealkylation sites (tertiary alicyclic amines) is 1. The van der Waals surface area contributed by atoms with Crippen LogP contribution < -0.4 is 15.0 Å². The molecule has 3 aliphatic rings. The van der Waals surface area contributed by atoms with E-state index in [1.165, 1.54) is 17.5 Å². The number of nitrogens with one attached hydrogen (secondary N) is 2. The zero-order valence-electron chi connectivity index (χ0n) is 16.6. The molecule has 28 heavy (non-hydrogen) atoms. The zero-order chi connectivity index (χ0) is 19.1. The molecular formula is C24H29N2O2+. The summed E-state index contributed by atoms with van der Waals surface area (Å²) in [4.78, 5) is 14.7. The third kappa shape index (κ3) is 3.20. The maximum absolute atomic E-state index is 13.1. The largest absolute Gasteiger partial charge is 0.486 e. The first-order valence-electron chi connectivity index (χ1n) is 10.6.